The third kappa shape index (κ3) is 2.64. The summed E-state index contributed by atoms with van der Waals surface area (Å²) in [5, 5.41) is 0. The van der Waals surface area contributed by atoms with Crippen LogP contribution in [0.2, 0.25) is 0 Å². The van der Waals surface area contributed by atoms with Crippen molar-refractivity contribution in [3.8, 4) is 5.69 Å². The van der Waals surface area contributed by atoms with Gasteiger partial charge in [0.2, 0.25) is 0 Å². The number of aromatic nitrogens is 1. The SMILES string of the molecule is Cc1ccc(-n2cc(CN3CCOC3=O)c3c2CC=CC=C3)cc1. The van der Waals surface area contributed by atoms with Crippen molar-refractivity contribution in [2.24, 2.45) is 0 Å². The molecule has 1 aliphatic carbocycles. The highest BCUT2D eigenvalue weighted by molar-refractivity contribution is 5.70. The number of aryl methyl sites for hydroxylation is 1. The Morgan fingerprint density at radius 1 is 1.17 bits per heavy atom. The molecule has 0 atom stereocenters. The Balaban J connectivity index is 1.77. The van der Waals surface area contributed by atoms with Crippen LogP contribution in [0.15, 0.2) is 48.7 Å². The molecule has 0 radical (unpaired) electrons. The zero-order valence-electron chi connectivity index (χ0n) is 13.7. The van der Waals surface area contributed by atoms with Crippen molar-refractivity contribution in [1.82, 2.24) is 9.47 Å². The zero-order valence-corrected chi connectivity index (χ0v) is 13.7. The zero-order chi connectivity index (χ0) is 16.5. The molecule has 0 unspecified atom stereocenters. The van der Waals surface area contributed by atoms with Gasteiger partial charge in [0.1, 0.15) is 6.61 Å². The maximum Gasteiger partial charge on any atom is 0.410 e. The lowest BCUT2D eigenvalue weighted by Crippen LogP contribution is -2.23. The summed E-state index contributed by atoms with van der Waals surface area (Å²) in [5.41, 5.74) is 6.02. The Bertz CT molecular complexity index is 828. The minimum absolute atomic E-state index is 0.220. The van der Waals surface area contributed by atoms with Gasteiger partial charge in [0.25, 0.3) is 0 Å². The fraction of sp³-hybridized carbons (Fsp3) is 0.250. The molecule has 0 N–H and O–H groups in total. The number of rotatable bonds is 3. The Morgan fingerprint density at radius 3 is 2.75 bits per heavy atom. The first kappa shape index (κ1) is 14.8. The van der Waals surface area contributed by atoms with Gasteiger partial charge in [-0.25, -0.2) is 4.79 Å². The standard InChI is InChI=1S/C20H20N2O2/c1-15-7-9-17(10-8-15)22-14-16(13-21-11-12-24-20(21)23)18-5-3-2-4-6-19(18)22/h2-5,7-10,14H,6,11-13H2,1H3. The second-order valence-corrected chi connectivity index (χ2v) is 6.25. The number of carbonyl (C=O) groups excluding carboxylic acids is 1. The molecule has 1 fully saturated rings. The molecule has 1 aromatic carbocycles. The topological polar surface area (TPSA) is 34.5 Å². The number of carbonyl (C=O) groups is 1. The number of benzene rings is 1. The molecular formula is C20H20N2O2. The predicted molar refractivity (Wildman–Crippen MR) is 94.1 cm³/mol. The lowest BCUT2D eigenvalue weighted by Gasteiger charge is -2.12. The minimum atomic E-state index is -0.220. The van der Waals surface area contributed by atoms with Crippen LogP contribution in [0.25, 0.3) is 11.8 Å². The molecule has 24 heavy (non-hydrogen) atoms. The van der Waals surface area contributed by atoms with E-state index in [0.717, 1.165) is 17.7 Å². The van der Waals surface area contributed by atoms with Crippen LogP contribution in [-0.2, 0) is 17.7 Å². The Morgan fingerprint density at radius 2 is 2.00 bits per heavy atom. The molecule has 1 aromatic heterocycles. The summed E-state index contributed by atoms with van der Waals surface area (Å²) in [6, 6.07) is 8.53. The van der Waals surface area contributed by atoms with E-state index in [1.165, 1.54) is 16.8 Å². The summed E-state index contributed by atoms with van der Waals surface area (Å²) >= 11 is 0. The van der Waals surface area contributed by atoms with Crippen molar-refractivity contribution >= 4 is 12.2 Å². The molecule has 4 nitrogen and oxygen atoms in total. The van der Waals surface area contributed by atoms with E-state index >= 15 is 0 Å². The monoisotopic (exact) mass is 320 g/mol. The van der Waals surface area contributed by atoms with Crippen molar-refractivity contribution < 1.29 is 9.53 Å². The van der Waals surface area contributed by atoms with Crippen LogP contribution in [0.4, 0.5) is 4.79 Å². The van der Waals surface area contributed by atoms with Crippen molar-refractivity contribution in [2.45, 2.75) is 19.9 Å². The second-order valence-electron chi connectivity index (χ2n) is 6.25. The van der Waals surface area contributed by atoms with Gasteiger partial charge >= 0.3 is 6.09 Å². The van der Waals surface area contributed by atoms with Gasteiger partial charge in [-0.1, -0.05) is 42.0 Å². The highest BCUT2D eigenvalue weighted by Gasteiger charge is 2.24. The number of fused-ring (bicyclic) bond motifs is 1. The van der Waals surface area contributed by atoms with Crippen molar-refractivity contribution in [2.75, 3.05) is 13.2 Å². The summed E-state index contributed by atoms with van der Waals surface area (Å²) in [6.45, 7) is 3.82. The van der Waals surface area contributed by atoms with Gasteiger partial charge in [0.05, 0.1) is 13.1 Å². The lowest BCUT2D eigenvalue weighted by molar-refractivity contribution is 0.157. The van der Waals surface area contributed by atoms with E-state index in [9.17, 15) is 4.79 Å². The number of cyclic esters (lactones) is 1. The molecule has 4 heteroatoms. The van der Waals surface area contributed by atoms with Gasteiger partial charge in [0.15, 0.2) is 0 Å². The van der Waals surface area contributed by atoms with E-state index in [2.05, 4.69) is 66.3 Å². The fourth-order valence-electron chi connectivity index (χ4n) is 3.28. The minimum Gasteiger partial charge on any atom is -0.448 e. The maximum absolute atomic E-state index is 11.8. The van der Waals surface area contributed by atoms with Crippen LogP contribution in [0.1, 0.15) is 22.4 Å². The number of nitrogens with zero attached hydrogens (tertiary/aromatic N) is 2. The Kier molecular flexibility index (Phi) is 3.73. The molecule has 122 valence electrons. The third-order valence-electron chi connectivity index (χ3n) is 4.57. The van der Waals surface area contributed by atoms with Gasteiger partial charge in [-0.05, 0) is 24.6 Å². The summed E-state index contributed by atoms with van der Waals surface area (Å²) in [4.78, 5) is 13.6. The lowest BCUT2D eigenvalue weighted by atomic mass is 10.1. The predicted octanol–water partition coefficient (Wildman–Crippen LogP) is 3.86. The van der Waals surface area contributed by atoms with E-state index in [0.29, 0.717) is 19.7 Å². The van der Waals surface area contributed by atoms with Crippen molar-refractivity contribution in [3.63, 3.8) is 0 Å². The van der Waals surface area contributed by atoms with Crippen LogP contribution in [0.5, 0.6) is 0 Å². The molecule has 1 aliphatic heterocycles. The van der Waals surface area contributed by atoms with Gasteiger partial charge in [-0.15, -0.1) is 0 Å². The third-order valence-corrected chi connectivity index (χ3v) is 4.57. The number of hydrogen-bond donors (Lipinski definition) is 0. The van der Waals surface area contributed by atoms with Gasteiger partial charge < -0.3 is 14.2 Å². The smallest absolute Gasteiger partial charge is 0.410 e. The van der Waals surface area contributed by atoms with E-state index < -0.39 is 0 Å². The summed E-state index contributed by atoms with van der Waals surface area (Å²) in [7, 11) is 0. The number of hydrogen-bond acceptors (Lipinski definition) is 2. The summed E-state index contributed by atoms with van der Waals surface area (Å²) < 4.78 is 7.30. The number of amides is 1. The largest absolute Gasteiger partial charge is 0.448 e. The van der Waals surface area contributed by atoms with Crippen molar-refractivity contribution in [1.29, 1.82) is 0 Å². The van der Waals surface area contributed by atoms with Crippen molar-refractivity contribution in [3.05, 3.63) is 71.1 Å². The molecule has 1 saturated heterocycles. The van der Waals surface area contributed by atoms with Crippen LogP contribution in [0, 0.1) is 6.92 Å². The average molecular weight is 320 g/mol. The second kappa shape index (κ2) is 6.04. The molecule has 1 amide bonds. The van der Waals surface area contributed by atoms with Crippen LogP contribution < -0.4 is 0 Å². The van der Waals surface area contributed by atoms with Crippen LogP contribution >= 0.6 is 0 Å². The number of ether oxygens (including phenoxy) is 1. The van der Waals surface area contributed by atoms with Gasteiger partial charge in [0, 0.05) is 29.6 Å². The quantitative estimate of drug-likeness (QED) is 0.860. The van der Waals surface area contributed by atoms with Crippen LogP contribution in [-0.4, -0.2) is 28.7 Å². The molecule has 4 rings (SSSR count). The first-order valence-electron chi connectivity index (χ1n) is 8.27. The maximum atomic E-state index is 11.8. The molecule has 0 spiro atoms. The van der Waals surface area contributed by atoms with E-state index in [1.54, 1.807) is 4.90 Å². The van der Waals surface area contributed by atoms with E-state index in [1.807, 2.05) is 0 Å². The highest BCUT2D eigenvalue weighted by atomic mass is 16.6. The normalized spacial score (nSPS) is 16.2. The first-order chi connectivity index (χ1) is 11.7. The molecule has 2 heterocycles. The molecule has 0 bridgehead atoms. The van der Waals surface area contributed by atoms with E-state index in [-0.39, 0.29) is 6.09 Å². The Hall–Kier alpha value is -2.75. The molecule has 2 aliphatic rings. The fourth-order valence-corrected chi connectivity index (χ4v) is 3.28. The summed E-state index contributed by atoms with van der Waals surface area (Å²) in [5.74, 6) is 0. The molecule has 2 aromatic rings. The average Bonchev–Trinajstić information content (AvgIpc) is 3.03. The molecule has 0 saturated carbocycles. The van der Waals surface area contributed by atoms with Gasteiger partial charge in [-0.2, -0.15) is 0 Å². The first-order valence-corrected chi connectivity index (χ1v) is 8.27. The van der Waals surface area contributed by atoms with Crippen LogP contribution in [0.3, 0.4) is 0 Å². The highest BCUT2D eigenvalue weighted by Crippen LogP contribution is 2.27. The van der Waals surface area contributed by atoms with E-state index in [4.69, 9.17) is 4.74 Å². The van der Waals surface area contributed by atoms with Gasteiger partial charge in [-0.3, -0.25) is 0 Å². The summed E-state index contributed by atoms with van der Waals surface area (Å²) in [6.07, 6.45) is 11.3. The molecular weight excluding hydrogens is 300 g/mol. The Labute approximate surface area is 141 Å². The number of allylic oxidation sites excluding steroid dienone is 3.